The highest BCUT2D eigenvalue weighted by atomic mass is 35.5. The van der Waals surface area contributed by atoms with Crippen molar-refractivity contribution in [3.63, 3.8) is 0 Å². The Labute approximate surface area is 112 Å². The van der Waals surface area contributed by atoms with Gasteiger partial charge in [-0.25, -0.2) is 4.98 Å². The molecule has 0 bridgehead atoms. The largest absolute Gasteiger partial charge is 0.433 e. The van der Waals surface area contributed by atoms with E-state index in [1.54, 1.807) is 19.1 Å². The summed E-state index contributed by atoms with van der Waals surface area (Å²) in [6.45, 7) is 2.92. The minimum absolute atomic E-state index is 0.0621. The first kappa shape index (κ1) is 13.4. The third-order valence-electron chi connectivity index (χ3n) is 2.78. The van der Waals surface area contributed by atoms with Gasteiger partial charge in [-0.05, 0) is 37.1 Å². The second-order valence-electron chi connectivity index (χ2n) is 3.97. The van der Waals surface area contributed by atoms with Crippen molar-refractivity contribution in [1.29, 1.82) is 0 Å². The summed E-state index contributed by atoms with van der Waals surface area (Å²) in [5, 5.41) is 0.902. The van der Waals surface area contributed by atoms with E-state index in [9.17, 15) is 13.2 Å². The van der Waals surface area contributed by atoms with Gasteiger partial charge in [-0.2, -0.15) is 13.2 Å². The van der Waals surface area contributed by atoms with Gasteiger partial charge in [0, 0.05) is 10.4 Å². The number of fused-ring (bicyclic) bond motifs is 1. The number of hydrogen-bond donors (Lipinski definition) is 0. The molecule has 18 heavy (non-hydrogen) atoms. The highest BCUT2D eigenvalue weighted by molar-refractivity contribution is 6.37. The lowest BCUT2D eigenvalue weighted by Gasteiger charge is -2.14. The van der Waals surface area contributed by atoms with Crippen LogP contribution < -0.4 is 0 Å². The Morgan fingerprint density at radius 2 is 1.67 bits per heavy atom. The van der Waals surface area contributed by atoms with E-state index in [0.717, 1.165) is 0 Å². The molecule has 2 aromatic rings. The van der Waals surface area contributed by atoms with Crippen LogP contribution in [0.4, 0.5) is 13.2 Å². The average molecular weight is 294 g/mol. The van der Waals surface area contributed by atoms with Gasteiger partial charge in [-0.3, -0.25) is 0 Å². The van der Waals surface area contributed by atoms with Crippen LogP contribution in [0.15, 0.2) is 12.1 Å². The SMILES string of the molecule is Cc1c(C(F)(F)F)nc2c(C)c(Cl)ccc2c1Cl. The molecule has 0 fully saturated rings. The molecule has 1 heterocycles. The van der Waals surface area contributed by atoms with Crippen LogP contribution in [-0.2, 0) is 6.18 Å². The summed E-state index contributed by atoms with van der Waals surface area (Å²) < 4.78 is 38.5. The Morgan fingerprint density at radius 3 is 2.22 bits per heavy atom. The van der Waals surface area contributed by atoms with Gasteiger partial charge in [0.25, 0.3) is 0 Å². The summed E-state index contributed by atoms with van der Waals surface area (Å²) in [7, 11) is 0. The fourth-order valence-electron chi connectivity index (χ4n) is 1.77. The smallest absolute Gasteiger partial charge is 0.243 e. The Morgan fingerprint density at radius 1 is 1.06 bits per heavy atom. The van der Waals surface area contributed by atoms with Crippen LogP contribution in [-0.4, -0.2) is 4.98 Å². The minimum Gasteiger partial charge on any atom is -0.243 e. The topological polar surface area (TPSA) is 12.9 Å². The second-order valence-corrected chi connectivity index (χ2v) is 4.75. The third kappa shape index (κ3) is 2.04. The van der Waals surface area contributed by atoms with Crippen LogP contribution in [0.2, 0.25) is 10.0 Å². The molecule has 0 atom stereocenters. The fourth-order valence-corrected chi connectivity index (χ4v) is 2.17. The second kappa shape index (κ2) is 4.28. The molecule has 0 N–H and O–H groups in total. The molecule has 0 saturated carbocycles. The number of halogens is 5. The molecule has 0 amide bonds. The molecular weight excluding hydrogens is 286 g/mol. The number of benzene rings is 1. The monoisotopic (exact) mass is 293 g/mol. The molecule has 0 aliphatic rings. The van der Waals surface area contributed by atoms with Gasteiger partial charge in [-0.1, -0.05) is 23.2 Å². The quantitative estimate of drug-likeness (QED) is 0.652. The highest BCUT2D eigenvalue weighted by Crippen LogP contribution is 2.38. The number of pyridine rings is 1. The number of rotatable bonds is 0. The zero-order valence-corrected chi connectivity index (χ0v) is 11.0. The molecule has 0 saturated heterocycles. The van der Waals surface area contributed by atoms with Gasteiger partial charge in [0.15, 0.2) is 0 Å². The van der Waals surface area contributed by atoms with Crippen LogP contribution in [0.25, 0.3) is 10.9 Å². The van der Waals surface area contributed by atoms with Crippen LogP contribution in [0, 0.1) is 13.8 Å². The normalized spacial score (nSPS) is 12.2. The summed E-state index contributed by atoms with van der Waals surface area (Å²) in [6, 6.07) is 3.17. The number of aryl methyl sites for hydroxylation is 1. The maximum Gasteiger partial charge on any atom is 0.433 e. The molecule has 1 nitrogen and oxygen atoms in total. The lowest BCUT2D eigenvalue weighted by Crippen LogP contribution is -2.11. The maximum absolute atomic E-state index is 12.8. The summed E-state index contributed by atoms with van der Waals surface area (Å²) in [4.78, 5) is 3.67. The first-order valence-electron chi connectivity index (χ1n) is 5.05. The van der Waals surface area contributed by atoms with Crippen molar-refractivity contribution >= 4 is 34.1 Å². The molecule has 0 spiro atoms. The minimum atomic E-state index is -4.53. The first-order valence-corrected chi connectivity index (χ1v) is 5.81. The van der Waals surface area contributed by atoms with Crippen molar-refractivity contribution in [3.8, 4) is 0 Å². The van der Waals surface area contributed by atoms with Gasteiger partial charge in [0.05, 0.1) is 10.5 Å². The number of aromatic nitrogens is 1. The molecule has 0 aliphatic carbocycles. The van der Waals surface area contributed by atoms with Crippen molar-refractivity contribution < 1.29 is 13.2 Å². The molecule has 0 aliphatic heterocycles. The predicted octanol–water partition coefficient (Wildman–Crippen LogP) is 5.18. The summed E-state index contributed by atoms with van der Waals surface area (Å²) in [6.07, 6.45) is -4.53. The maximum atomic E-state index is 12.8. The van der Waals surface area contributed by atoms with Crippen molar-refractivity contribution in [1.82, 2.24) is 4.98 Å². The van der Waals surface area contributed by atoms with Gasteiger partial charge >= 0.3 is 6.18 Å². The molecule has 6 heteroatoms. The summed E-state index contributed by atoms with van der Waals surface area (Å²) >= 11 is 11.9. The zero-order valence-electron chi connectivity index (χ0n) is 9.49. The van der Waals surface area contributed by atoms with E-state index in [0.29, 0.717) is 16.0 Å². The third-order valence-corrected chi connectivity index (χ3v) is 3.67. The Kier molecular flexibility index (Phi) is 3.19. The Balaban J connectivity index is 2.94. The van der Waals surface area contributed by atoms with Gasteiger partial charge in [0.2, 0.25) is 0 Å². The van der Waals surface area contributed by atoms with Gasteiger partial charge in [-0.15, -0.1) is 0 Å². The summed E-state index contributed by atoms with van der Waals surface area (Å²) in [5.41, 5.74) is -0.365. The number of hydrogen-bond acceptors (Lipinski definition) is 1. The van der Waals surface area contributed by atoms with E-state index in [-0.39, 0.29) is 16.1 Å². The van der Waals surface area contributed by atoms with Crippen LogP contribution >= 0.6 is 23.2 Å². The number of nitrogens with zero attached hydrogens (tertiary/aromatic N) is 1. The van der Waals surface area contributed by atoms with Gasteiger partial charge in [0.1, 0.15) is 5.69 Å². The zero-order chi connectivity index (χ0) is 13.7. The molecule has 2 rings (SSSR count). The van der Waals surface area contributed by atoms with Gasteiger partial charge < -0.3 is 0 Å². The molecule has 1 aromatic carbocycles. The van der Waals surface area contributed by atoms with E-state index < -0.39 is 11.9 Å². The Hall–Kier alpha value is -1.00. The lowest BCUT2D eigenvalue weighted by atomic mass is 10.1. The highest BCUT2D eigenvalue weighted by Gasteiger charge is 2.36. The predicted molar refractivity (Wildman–Crippen MR) is 66.2 cm³/mol. The van der Waals surface area contributed by atoms with Crippen molar-refractivity contribution in [2.45, 2.75) is 20.0 Å². The molecule has 0 unspecified atom stereocenters. The first-order chi connectivity index (χ1) is 8.23. The molecular formula is C12H8Cl2F3N. The number of alkyl halides is 3. The van der Waals surface area contributed by atoms with Crippen molar-refractivity contribution in [2.24, 2.45) is 0 Å². The fraction of sp³-hybridized carbons (Fsp3) is 0.250. The van der Waals surface area contributed by atoms with E-state index in [1.165, 1.54) is 6.92 Å². The van der Waals surface area contributed by atoms with Crippen LogP contribution in [0.1, 0.15) is 16.8 Å². The standard InChI is InChI=1S/C12H8Cl2F3N/c1-5-8(13)4-3-7-9(14)6(2)11(12(15,16)17)18-10(5)7/h3-4H,1-2H3. The lowest BCUT2D eigenvalue weighted by molar-refractivity contribution is -0.141. The van der Waals surface area contributed by atoms with Crippen molar-refractivity contribution in [3.05, 3.63) is 39.0 Å². The van der Waals surface area contributed by atoms with E-state index in [4.69, 9.17) is 23.2 Å². The van der Waals surface area contributed by atoms with E-state index in [1.807, 2.05) is 0 Å². The van der Waals surface area contributed by atoms with Crippen molar-refractivity contribution in [2.75, 3.05) is 0 Å². The van der Waals surface area contributed by atoms with E-state index >= 15 is 0 Å². The average Bonchev–Trinajstić information content (AvgIpc) is 2.26. The van der Waals surface area contributed by atoms with Crippen LogP contribution in [0.5, 0.6) is 0 Å². The van der Waals surface area contributed by atoms with Crippen LogP contribution in [0.3, 0.4) is 0 Å². The Bertz CT molecular complexity index is 635. The summed E-state index contributed by atoms with van der Waals surface area (Å²) in [5.74, 6) is 0. The molecule has 1 aromatic heterocycles. The van der Waals surface area contributed by atoms with E-state index in [2.05, 4.69) is 4.98 Å². The molecule has 96 valence electrons. The molecule has 0 radical (unpaired) electrons.